The predicted molar refractivity (Wildman–Crippen MR) is 86.3 cm³/mol. The van der Waals surface area contributed by atoms with Crippen molar-refractivity contribution in [1.82, 2.24) is 4.31 Å². The highest BCUT2D eigenvalue weighted by Crippen LogP contribution is 2.22. The fourth-order valence-corrected chi connectivity index (χ4v) is 3.69. The maximum absolute atomic E-state index is 12.6. The Kier molecular flexibility index (Phi) is 5.29. The second-order valence-corrected chi connectivity index (χ2v) is 7.78. The molecule has 0 bridgehead atoms. The minimum Gasteiger partial charge on any atom is -0.389 e. The molecule has 0 aliphatic heterocycles. The van der Waals surface area contributed by atoms with Gasteiger partial charge in [-0.15, -0.1) is 0 Å². The molecule has 1 unspecified atom stereocenters. The summed E-state index contributed by atoms with van der Waals surface area (Å²) in [6.07, 6.45) is 0. The van der Waals surface area contributed by atoms with Crippen LogP contribution in [0.1, 0.15) is 31.9 Å². The number of nitrogens with two attached hydrogens (primary N) is 1. The van der Waals surface area contributed by atoms with E-state index in [1.807, 2.05) is 20.8 Å². The molecule has 0 aliphatic carbocycles. The van der Waals surface area contributed by atoms with Crippen molar-refractivity contribution in [3.8, 4) is 0 Å². The molecule has 1 rings (SSSR count). The summed E-state index contributed by atoms with van der Waals surface area (Å²) < 4.78 is 26.6. The Balaban J connectivity index is 3.23. The molecule has 0 heterocycles. The molecule has 0 saturated carbocycles. The summed E-state index contributed by atoms with van der Waals surface area (Å²) in [6, 6.07) is 4.77. The van der Waals surface area contributed by atoms with Crippen molar-refractivity contribution in [2.24, 2.45) is 11.7 Å². The first-order valence-electron chi connectivity index (χ1n) is 6.47. The summed E-state index contributed by atoms with van der Waals surface area (Å²) in [5.74, 6) is 0.242. The molecule has 20 heavy (non-hydrogen) atoms. The first kappa shape index (κ1) is 17.1. The van der Waals surface area contributed by atoms with Crippen LogP contribution in [0.3, 0.4) is 0 Å². The molecule has 1 aromatic carbocycles. The largest absolute Gasteiger partial charge is 0.389 e. The van der Waals surface area contributed by atoms with Gasteiger partial charge in [-0.05, 0) is 37.5 Å². The smallest absolute Gasteiger partial charge is 0.243 e. The molecule has 0 spiro atoms. The van der Waals surface area contributed by atoms with Gasteiger partial charge >= 0.3 is 0 Å². The standard InChI is InChI=1S/C14H22N2O2S2/c1-9(2)11(4)16(5)20(17,18)12-6-7-13(14(15)19)10(3)8-12/h6-9,11H,1-5H3,(H2,15,19). The molecule has 2 N–H and O–H groups in total. The Morgan fingerprint density at radius 3 is 2.25 bits per heavy atom. The van der Waals surface area contributed by atoms with E-state index in [0.717, 1.165) is 5.56 Å². The monoisotopic (exact) mass is 314 g/mol. The number of nitrogens with zero attached hydrogens (tertiary/aromatic N) is 1. The molecular formula is C14H22N2O2S2. The van der Waals surface area contributed by atoms with Gasteiger partial charge in [-0.2, -0.15) is 4.31 Å². The average Bonchev–Trinajstić information content (AvgIpc) is 2.36. The maximum Gasteiger partial charge on any atom is 0.243 e. The summed E-state index contributed by atoms with van der Waals surface area (Å²) in [5, 5.41) is 0. The fourth-order valence-electron chi connectivity index (χ4n) is 1.88. The summed E-state index contributed by atoms with van der Waals surface area (Å²) in [7, 11) is -1.89. The molecular weight excluding hydrogens is 292 g/mol. The lowest BCUT2D eigenvalue weighted by Gasteiger charge is -2.27. The average molecular weight is 314 g/mol. The number of aryl methyl sites for hydroxylation is 1. The van der Waals surface area contributed by atoms with Crippen LogP contribution in [0.2, 0.25) is 0 Å². The molecule has 0 fully saturated rings. The van der Waals surface area contributed by atoms with Crippen molar-refractivity contribution in [2.45, 2.75) is 38.6 Å². The lowest BCUT2D eigenvalue weighted by molar-refractivity contribution is 0.316. The zero-order valence-electron chi connectivity index (χ0n) is 12.5. The molecule has 0 aliphatic rings. The second-order valence-electron chi connectivity index (χ2n) is 5.35. The van der Waals surface area contributed by atoms with Gasteiger partial charge in [0, 0.05) is 18.7 Å². The van der Waals surface area contributed by atoms with Gasteiger partial charge in [0.1, 0.15) is 4.99 Å². The summed E-state index contributed by atoms with van der Waals surface area (Å²) >= 11 is 4.93. The molecule has 112 valence electrons. The summed E-state index contributed by atoms with van der Waals surface area (Å²) in [4.78, 5) is 0.542. The van der Waals surface area contributed by atoms with Crippen LogP contribution in [0.15, 0.2) is 23.1 Å². The fraction of sp³-hybridized carbons (Fsp3) is 0.500. The van der Waals surface area contributed by atoms with Crippen molar-refractivity contribution in [2.75, 3.05) is 7.05 Å². The Morgan fingerprint density at radius 1 is 1.30 bits per heavy atom. The third-order valence-corrected chi connectivity index (χ3v) is 5.84. The molecule has 0 saturated heterocycles. The molecule has 0 amide bonds. The number of hydrogen-bond acceptors (Lipinski definition) is 3. The number of hydrogen-bond donors (Lipinski definition) is 1. The number of rotatable bonds is 5. The maximum atomic E-state index is 12.6. The van der Waals surface area contributed by atoms with E-state index >= 15 is 0 Å². The molecule has 0 radical (unpaired) electrons. The van der Waals surface area contributed by atoms with Crippen LogP contribution in [0.4, 0.5) is 0 Å². The van der Waals surface area contributed by atoms with E-state index in [1.54, 1.807) is 32.2 Å². The number of sulfonamides is 1. The van der Waals surface area contributed by atoms with Crippen LogP contribution in [0, 0.1) is 12.8 Å². The zero-order valence-corrected chi connectivity index (χ0v) is 14.2. The van der Waals surface area contributed by atoms with E-state index < -0.39 is 10.0 Å². The van der Waals surface area contributed by atoms with Crippen molar-refractivity contribution in [3.05, 3.63) is 29.3 Å². The van der Waals surface area contributed by atoms with Crippen LogP contribution in [0.25, 0.3) is 0 Å². The molecule has 4 nitrogen and oxygen atoms in total. The number of benzene rings is 1. The summed E-state index contributed by atoms with van der Waals surface area (Å²) in [6.45, 7) is 7.70. The van der Waals surface area contributed by atoms with Gasteiger partial charge in [0.05, 0.1) is 4.90 Å². The van der Waals surface area contributed by atoms with E-state index in [0.29, 0.717) is 5.56 Å². The third kappa shape index (κ3) is 3.37. The van der Waals surface area contributed by atoms with Crippen LogP contribution in [-0.2, 0) is 10.0 Å². The molecule has 1 atom stereocenters. The summed E-state index contributed by atoms with van der Waals surface area (Å²) in [5.41, 5.74) is 7.07. The SMILES string of the molecule is Cc1cc(S(=O)(=O)N(C)C(C)C(C)C)ccc1C(N)=S. The van der Waals surface area contributed by atoms with Crippen molar-refractivity contribution in [3.63, 3.8) is 0 Å². The highest BCUT2D eigenvalue weighted by molar-refractivity contribution is 7.89. The topological polar surface area (TPSA) is 63.4 Å². The molecule has 6 heteroatoms. The minimum absolute atomic E-state index is 0.0735. The lowest BCUT2D eigenvalue weighted by Crippen LogP contribution is -2.38. The van der Waals surface area contributed by atoms with Gasteiger partial charge < -0.3 is 5.73 Å². The van der Waals surface area contributed by atoms with E-state index in [9.17, 15) is 8.42 Å². The van der Waals surface area contributed by atoms with Gasteiger partial charge in [0.2, 0.25) is 10.0 Å². The third-order valence-electron chi connectivity index (χ3n) is 3.68. The van der Waals surface area contributed by atoms with E-state index in [-0.39, 0.29) is 21.8 Å². The van der Waals surface area contributed by atoms with Crippen LogP contribution in [-0.4, -0.2) is 30.8 Å². The Hall–Kier alpha value is -0.980. The highest BCUT2D eigenvalue weighted by Gasteiger charge is 2.27. The van der Waals surface area contributed by atoms with Crippen molar-refractivity contribution < 1.29 is 8.42 Å². The van der Waals surface area contributed by atoms with Crippen molar-refractivity contribution >= 4 is 27.2 Å². The van der Waals surface area contributed by atoms with Gasteiger partial charge in [-0.3, -0.25) is 0 Å². The Morgan fingerprint density at radius 2 is 1.85 bits per heavy atom. The van der Waals surface area contributed by atoms with Crippen LogP contribution >= 0.6 is 12.2 Å². The normalized spacial score (nSPS) is 13.8. The van der Waals surface area contributed by atoms with Gasteiger partial charge in [0.15, 0.2) is 0 Å². The lowest BCUT2D eigenvalue weighted by atomic mass is 10.1. The second kappa shape index (κ2) is 6.20. The van der Waals surface area contributed by atoms with Crippen molar-refractivity contribution in [1.29, 1.82) is 0 Å². The Labute approximate surface area is 127 Å². The quantitative estimate of drug-likeness (QED) is 0.847. The Bertz CT molecular complexity index is 610. The van der Waals surface area contributed by atoms with Gasteiger partial charge in [-0.25, -0.2) is 8.42 Å². The van der Waals surface area contributed by atoms with E-state index in [2.05, 4.69) is 0 Å². The van der Waals surface area contributed by atoms with E-state index in [1.165, 1.54) is 4.31 Å². The zero-order chi connectivity index (χ0) is 15.7. The van der Waals surface area contributed by atoms with Crippen LogP contribution in [0.5, 0.6) is 0 Å². The first-order chi connectivity index (χ1) is 9.09. The van der Waals surface area contributed by atoms with Crippen LogP contribution < -0.4 is 5.73 Å². The molecule has 0 aromatic heterocycles. The molecule has 1 aromatic rings. The number of thiocarbonyl (C=S) groups is 1. The first-order valence-corrected chi connectivity index (χ1v) is 8.32. The van der Waals surface area contributed by atoms with E-state index in [4.69, 9.17) is 18.0 Å². The predicted octanol–water partition coefficient (Wildman–Crippen LogP) is 2.29. The van der Waals surface area contributed by atoms with Gasteiger partial charge in [-0.1, -0.05) is 32.1 Å². The highest BCUT2D eigenvalue weighted by atomic mass is 32.2. The minimum atomic E-state index is -3.50. The van der Waals surface area contributed by atoms with Gasteiger partial charge in [0.25, 0.3) is 0 Å².